The first-order valence-electron chi connectivity index (χ1n) is 7.35. The Morgan fingerprint density at radius 3 is 2.65 bits per heavy atom. The van der Waals surface area contributed by atoms with Crippen LogP contribution in [0.5, 0.6) is 0 Å². The van der Waals surface area contributed by atoms with Crippen LogP contribution in [0.1, 0.15) is 36.8 Å². The summed E-state index contributed by atoms with van der Waals surface area (Å²) >= 11 is 0. The minimum Gasteiger partial charge on any atom is -0.393 e. The molecule has 2 unspecified atom stereocenters. The van der Waals surface area contributed by atoms with Gasteiger partial charge in [-0.25, -0.2) is 4.79 Å². The molecule has 1 aromatic rings. The lowest BCUT2D eigenvalue weighted by molar-refractivity contribution is 0.101. The number of hydrogen-bond acceptors (Lipinski definition) is 2. The van der Waals surface area contributed by atoms with Crippen molar-refractivity contribution in [1.82, 2.24) is 5.32 Å². The molecule has 20 heavy (non-hydrogen) atoms. The topological polar surface area (TPSA) is 61.4 Å². The molecule has 1 fully saturated rings. The molecule has 0 radical (unpaired) electrons. The number of benzene rings is 1. The van der Waals surface area contributed by atoms with Crippen molar-refractivity contribution in [2.24, 2.45) is 5.92 Å². The van der Waals surface area contributed by atoms with Gasteiger partial charge in [-0.1, -0.05) is 24.6 Å². The van der Waals surface area contributed by atoms with E-state index in [-0.39, 0.29) is 12.1 Å². The fraction of sp³-hybridized carbons (Fsp3) is 0.562. The highest BCUT2D eigenvalue weighted by atomic mass is 16.3. The number of rotatable bonds is 3. The lowest BCUT2D eigenvalue weighted by Crippen LogP contribution is -2.35. The smallest absolute Gasteiger partial charge is 0.319 e. The second-order valence-electron chi connectivity index (χ2n) is 5.79. The summed E-state index contributed by atoms with van der Waals surface area (Å²) in [4.78, 5) is 12.0. The maximum atomic E-state index is 12.0. The molecule has 4 nitrogen and oxygen atoms in total. The molecule has 1 aromatic carbocycles. The van der Waals surface area contributed by atoms with Gasteiger partial charge in [0.15, 0.2) is 0 Å². The van der Waals surface area contributed by atoms with Crippen LogP contribution in [0.4, 0.5) is 10.5 Å². The Labute approximate surface area is 120 Å². The van der Waals surface area contributed by atoms with Gasteiger partial charge in [0.2, 0.25) is 0 Å². The first kappa shape index (κ1) is 14.9. The highest BCUT2D eigenvalue weighted by molar-refractivity contribution is 5.90. The van der Waals surface area contributed by atoms with Crippen LogP contribution in [-0.4, -0.2) is 23.8 Å². The third kappa shape index (κ3) is 3.97. The largest absolute Gasteiger partial charge is 0.393 e. The minimum absolute atomic E-state index is 0.164. The Hall–Kier alpha value is -1.55. The van der Waals surface area contributed by atoms with Crippen LogP contribution in [0.2, 0.25) is 0 Å². The molecule has 3 N–H and O–H groups in total. The van der Waals surface area contributed by atoms with E-state index in [0.29, 0.717) is 12.5 Å². The van der Waals surface area contributed by atoms with Gasteiger partial charge in [0, 0.05) is 12.2 Å². The van der Waals surface area contributed by atoms with Crippen molar-refractivity contribution in [1.29, 1.82) is 0 Å². The highest BCUT2D eigenvalue weighted by Gasteiger charge is 2.20. The van der Waals surface area contributed by atoms with E-state index in [9.17, 15) is 9.90 Å². The second kappa shape index (κ2) is 6.75. The van der Waals surface area contributed by atoms with Crippen LogP contribution in [0.25, 0.3) is 0 Å². The van der Waals surface area contributed by atoms with E-state index in [0.717, 1.165) is 42.5 Å². The van der Waals surface area contributed by atoms with Crippen LogP contribution in [0.3, 0.4) is 0 Å². The summed E-state index contributed by atoms with van der Waals surface area (Å²) in [5.41, 5.74) is 3.01. The predicted octanol–water partition coefficient (Wildman–Crippen LogP) is 2.98. The molecule has 0 aromatic heterocycles. The Kier molecular flexibility index (Phi) is 5.01. The number of amides is 2. The maximum absolute atomic E-state index is 12.0. The first-order valence-corrected chi connectivity index (χ1v) is 7.35. The summed E-state index contributed by atoms with van der Waals surface area (Å²) in [5, 5.41) is 15.5. The zero-order chi connectivity index (χ0) is 14.5. The van der Waals surface area contributed by atoms with Gasteiger partial charge in [0.05, 0.1) is 6.10 Å². The Morgan fingerprint density at radius 2 is 2.00 bits per heavy atom. The van der Waals surface area contributed by atoms with Gasteiger partial charge < -0.3 is 15.7 Å². The SMILES string of the molecule is Cc1cccc(C)c1NC(=O)NCC1CCCC(O)C1. The number of aliphatic hydroxyl groups is 1. The second-order valence-corrected chi connectivity index (χ2v) is 5.79. The Morgan fingerprint density at radius 1 is 1.30 bits per heavy atom. The predicted molar refractivity (Wildman–Crippen MR) is 80.9 cm³/mol. The molecule has 2 amide bonds. The molecular weight excluding hydrogens is 252 g/mol. The number of aryl methyl sites for hydroxylation is 2. The number of para-hydroxylation sites is 1. The minimum atomic E-state index is -0.197. The van der Waals surface area contributed by atoms with E-state index in [2.05, 4.69) is 10.6 Å². The Bertz CT molecular complexity index is 453. The van der Waals surface area contributed by atoms with Crippen molar-refractivity contribution in [3.05, 3.63) is 29.3 Å². The fourth-order valence-corrected chi connectivity index (χ4v) is 2.85. The molecule has 1 aliphatic rings. The van der Waals surface area contributed by atoms with Crippen molar-refractivity contribution < 1.29 is 9.90 Å². The molecule has 0 bridgehead atoms. The molecule has 110 valence electrons. The van der Waals surface area contributed by atoms with Crippen molar-refractivity contribution in [2.45, 2.75) is 45.6 Å². The molecule has 0 heterocycles. The van der Waals surface area contributed by atoms with Crippen LogP contribution < -0.4 is 10.6 Å². The Balaban J connectivity index is 1.83. The van der Waals surface area contributed by atoms with Crippen molar-refractivity contribution in [3.8, 4) is 0 Å². The number of anilines is 1. The number of urea groups is 1. The molecule has 2 rings (SSSR count). The average molecular weight is 276 g/mol. The summed E-state index contributed by atoms with van der Waals surface area (Å²) in [7, 11) is 0. The summed E-state index contributed by atoms with van der Waals surface area (Å²) in [5.74, 6) is 0.391. The fourth-order valence-electron chi connectivity index (χ4n) is 2.85. The van der Waals surface area contributed by atoms with E-state index >= 15 is 0 Å². The lowest BCUT2D eigenvalue weighted by Gasteiger charge is -2.26. The van der Waals surface area contributed by atoms with Gasteiger partial charge in [0.25, 0.3) is 0 Å². The number of aliphatic hydroxyl groups excluding tert-OH is 1. The number of carbonyl (C=O) groups excluding carboxylic acids is 1. The van der Waals surface area contributed by atoms with Gasteiger partial charge >= 0.3 is 6.03 Å². The van der Waals surface area contributed by atoms with E-state index in [4.69, 9.17) is 0 Å². The van der Waals surface area contributed by atoms with Gasteiger partial charge in [-0.2, -0.15) is 0 Å². The van der Waals surface area contributed by atoms with Crippen LogP contribution in [0.15, 0.2) is 18.2 Å². The number of nitrogens with one attached hydrogen (secondary N) is 2. The lowest BCUT2D eigenvalue weighted by atomic mass is 9.87. The van der Waals surface area contributed by atoms with Gasteiger partial charge in [-0.05, 0) is 50.2 Å². The van der Waals surface area contributed by atoms with Gasteiger partial charge in [-0.15, -0.1) is 0 Å². The number of hydrogen-bond donors (Lipinski definition) is 3. The highest BCUT2D eigenvalue weighted by Crippen LogP contribution is 2.23. The van der Waals surface area contributed by atoms with Crippen LogP contribution in [0, 0.1) is 19.8 Å². The molecule has 0 aliphatic heterocycles. The molecule has 1 saturated carbocycles. The van der Waals surface area contributed by atoms with E-state index < -0.39 is 0 Å². The van der Waals surface area contributed by atoms with Crippen LogP contribution in [-0.2, 0) is 0 Å². The standard InChI is InChI=1S/C16H24N2O2/c1-11-5-3-6-12(2)15(11)18-16(20)17-10-13-7-4-8-14(19)9-13/h3,5-6,13-14,19H,4,7-10H2,1-2H3,(H2,17,18,20). The van der Waals surface area contributed by atoms with Crippen molar-refractivity contribution in [2.75, 3.05) is 11.9 Å². The monoisotopic (exact) mass is 276 g/mol. The quantitative estimate of drug-likeness (QED) is 0.795. The summed E-state index contributed by atoms with van der Waals surface area (Å²) in [6.45, 7) is 4.61. The summed E-state index contributed by atoms with van der Waals surface area (Å²) in [6.07, 6.45) is 3.62. The third-order valence-electron chi connectivity index (χ3n) is 4.03. The van der Waals surface area contributed by atoms with Crippen molar-refractivity contribution in [3.63, 3.8) is 0 Å². The average Bonchev–Trinajstić information content (AvgIpc) is 2.41. The zero-order valence-electron chi connectivity index (χ0n) is 12.3. The summed E-state index contributed by atoms with van der Waals surface area (Å²) < 4.78 is 0. The summed E-state index contributed by atoms with van der Waals surface area (Å²) in [6, 6.07) is 5.79. The number of carbonyl (C=O) groups is 1. The van der Waals surface area contributed by atoms with Gasteiger partial charge in [-0.3, -0.25) is 0 Å². The molecule has 4 heteroatoms. The molecule has 0 spiro atoms. The third-order valence-corrected chi connectivity index (χ3v) is 4.03. The maximum Gasteiger partial charge on any atom is 0.319 e. The zero-order valence-corrected chi connectivity index (χ0v) is 12.3. The van der Waals surface area contributed by atoms with E-state index in [1.54, 1.807) is 0 Å². The van der Waals surface area contributed by atoms with Gasteiger partial charge in [0.1, 0.15) is 0 Å². The van der Waals surface area contributed by atoms with Crippen LogP contribution >= 0.6 is 0 Å². The molecule has 0 saturated heterocycles. The van der Waals surface area contributed by atoms with E-state index in [1.807, 2.05) is 32.0 Å². The molecular formula is C16H24N2O2. The van der Waals surface area contributed by atoms with E-state index in [1.165, 1.54) is 0 Å². The van der Waals surface area contributed by atoms with Crippen molar-refractivity contribution >= 4 is 11.7 Å². The molecule has 1 aliphatic carbocycles. The molecule has 2 atom stereocenters. The normalized spacial score (nSPS) is 22.4. The first-order chi connectivity index (χ1) is 9.56.